The van der Waals surface area contributed by atoms with Gasteiger partial charge in [0.1, 0.15) is 0 Å². The number of aromatic nitrogens is 4. The molecule has 1 aromatic carbocycles. The van der Waals surface area contributed by atoms with Crippen molar-refractivity contribution in [2.45, 2.75) is 0 Å². The van der Waals surface area contributed by atoms with E-state index in [0.29, 0.717) is 0 Å². The predicted octanol–water partition coefficient (Wildman–Crippen LogP) is 2.48. The third-order valence-corrected chi connectivity index (χ3v) is 4.59. The fourth-order valence-electron chi connectivity index (χ4n) is 3.12. The summed E-state index contributed by atoms with van der Waals surface area (Å²) < 4.78 is 1.56. The Morgan fingerprint density at radius 1 is 1.19 bits per heavy atom. The summed E-state index contributed by atoms with van der Waals surface area (Å²) in [7, 11) is 3.42. The second-order valence-corrected chi connectivity index (χ2v) is 6.18. The van der Waals surface area contributed by atoms with Gasteiger partial charge in [-0.25, -0.2) is 4.79 Å². The van der Waals surface area contributed by atoms with Crippen LogP contribution < -0.4 is 11.4 Å². The minimum absolute atomic E-state index is 0.158. The molecule has 3 N–H and O–H groups in total. The van der Waals surface area contributed by atoms with E-state index in [4.69, 9.17) is 5.73 Å². The number of imidazole rings is 1. The molecular weight excluding hydrogens is 340 g/mol. The summed E-state index contributed by atoms with van der Waals surface area (Å²) in [6.07, 6.45) is 6.66. The van der Waals surface area contributed by atoms with Gasteiger partial charge in [-0.2, -0.15) is 0 Å². The van der Waals surface area contributed by atoms with Crippen molar-refractivity contribution < 1.29 is 0 Å². The minimum Gasteiger partial charge on any atom is -0.404 e. The number of aryl methyl sites for hydroxylation is 1. The van der Waals surface area contributed by atoms with Crippen LogP contribution in [0.4, 0.5) is 0 Å². The third kappa shape index (κ3) is 2.79. The van der Waals surface area contributed by atoms with E-state index in [1.165, 1.54) is 6.20 Å². The maximum atomic E-state index is 12.0. The molecule has 0 amide bonds. The number of pyridine rings is 2. The number of benzene rings is 1. The van der Waals surface area contributed by atoms with Crippen LogP contribution in [0, 0.1) is 0 Å². The number of fused-ring (bicyclic) bond motifs is 3. The zero-order valence-corrected chi connectivity index (χ0v) is 15.0. The minimum atomic E-state index is -0.158. The fourth-order valence-corrected chi connectivity index (χ4v) is 3.12. The molecule has 3 heterocycles. The first-order valence-electron chi connectivity index (χ1n) is 8.40. The maximum Gasteiger partial charge on any atom is 0.326 e. The van der Waals surface area contributed by atoms with Crippen molar-refractivity contribution in [3.63, 3.8) is 0 Å². The predicted molar refractivity (Wildman–Crippen MR) is 109 cm³/mol. The van der Waals surface area contributed by atoms with Crippen LogP contribution in [0.3, 0.4) is 0 Å². The van der Waals surface area contributed by atoms with Crippen molar-refractivity contribution in [2.24, 2.45) is 17.8 Å². The van der Waals surface area contributed by atoms with E-state index in [-0.39, 0.29) is 5.69 Å². The van der Waals surface area contributed by atoms with Crippen molar-refractivity contribution in [3.8, 4) is 11.1 Å². The van der Waals surface area contributed by atoms with Gasteiger partial charge in [-0.1, -0.05) is 12.1 Å². The smallest absolute Gasteiger partial charge is 0.326 e. The van der Waals surface area contributed by atoms with Crippen molar-refractivity contribution in [1.82, 2.24) is 19.5 Å². The summed E-state index contributed by atoms with van der Waals surface area (Å²) in [4.78, 5) is 27.8. The van der Waals surface area contributed by atoms with Gasteiger partial charge in [0.05, 0.1) is 28.4 Å². The molecule has 0 saturated carbocycles. The van der Waals surface area contributed by atoms with Crippen LogP contribution >= 0.6 is 0 Å². The molecular formula is C20H18N6O. The molecule has 0 aliphatic carbocycles. The second kappa shape index (κ2) is 6.53. The van der Waals surface area contributed by atoms with E-state index >= 15 is 0 Å². The lowest BCUT2D eigenvalue weighted by Gasteiger charge is -2.06. The number of nitrogens with one attached hydrogen (secondary N) is 1. The van der Waals surface area contributed by atoms with Crippen LogP contribution in [-0.2, 0) is 7.05 Å². The summed E-state index contributed by atoms with van der Waals surface area (Å²) >= 11 is 0. The fraction of sp³-hybridized carbons (Fsp3) is 0.100. The topological polar surface area (TPSA) is 102 Å². The summed E-state index contributed by atoms with van der Waals surface area (Å²) in [5.41, 5.74) is 11.3. The van der Waals surface area contributed by atoms with Crippen molar-refractivity contribution in [3.05, 3.63) is 65.1 Å². The average Bonchev–Trinajstić information content (AvgIpc) is 3.00. The van der Waals surface area contributed by atoms with Crippen LogP contribution in [0.1, 0.15) is 5.69 Å². The maximum absolute atomic E-state index is 12.0. The van der Waals surface area contributed by atoms with E-state index in [1.807, 2.05) is 30.3 Å². The molecule has 7 nitrogen and oxygen atoms in total. The Hall–Kier alpha value is -3.74. The number of nitrogens with zero attached hydrogens (tertiary/aromatic N) is 4. The molecule has 4 aromatic rings. The molecule has 0 saturated heterocycles. The summed E-state index contributed by atoms with van der Waals surface area (Å²) in [5.74, 6) is 0. The third-order valence-electron chi connectivity index (χ3n) is 4.59. The van der Waals surface area contributed by atoms with E-state index < -0.39 is 0 Å². The zero-order valence-electron chi connectivity index (χ0n) is 15.0. The lowest BCUT2D eigenvalue weighted by molar-refractivity contribution is 0.890. The highest BCUT2D eigenvalue weighted by Gasteiger charge is 2.10. The molecule has 0 unspecified atom stereocenters. The summed E-state index contributed by atoms with van der Waals surface area (Å²) in [5, 5.41) is 0.896. The first-order valence-corrected chi connectivity index (χ1v) is 8.40. The Labute approximate surface area is 154 Å². The molecule has 0 bridgehead atoms. The van der Waals surface area contributed by atoms with Gasteiger partial charge >= 0.3 is 5.69 Å². The van der Waals surface area contributed by atoms with E-state index in [0.717, 1.165) is 44.3 Å². The molecule has 3 aromatic heterocycles. The van der Waals surface area contributed by atoms with Crippen molar-refractivity contribution >= 4 is 33.7 Å². The van der Waals surface area contributed by atoms with Gasteiger partial charge in [0.15, 0.2) is 0 Å². The van der Waals surface area contributed by atoms with E-state index in [1.54, 1.807) is 37.3 Å². The lowest BCUT2D eigenvalue weighted by Crippen LogP contribution is -2.11. The van der Waals surface area contributed by atoms with Crippen LogP contribution in [0.15, 0.2) is 58.7 Å². The number of hydrogen-bond acceptors (Lipinski definition) is 5. The Kier molecular flexibility index (Phi) is 4.04. The molecule has 0 fully saturated rings. The monoisotopic (exact) mass is 358 g/mol. The summed E-state index contributed by atoms with van der Waals surface area (Å²) in [6, 6.07) is 9.84. The molecule has 0 aliphatic heterocycles. The van der Waals surface area contributed by atoms with Gasteiger partial charge in [-0.15, -0.1) is 0 Å². The number of rotatable bonds is 3. The number of H-pyrrole nitrogens is 1. The lowest BCUT2D eigenvalue weighted by atomic mass is 10.0. The zero-order chi connectivity index (χ0) is 19.0. The van der Waals surface area contributed by atoms with Gasteiger partial charge in [-0.05, 0) is 23.8 Å². The molecule has 0 radical (unpaired) electrons. The Bertz CT molecular complexity index is 1260. The highest BCUT2D eigenvalue weighted by atomic mass is 16.1. The summed E-state index contributed by atoms with van der Waals surface area (Å²) in [6.45, 7) is 0. The molecule has 134 valence electrons. The number of allylic oxidation sites excluding steroid dienone is 1. The van der Waals surface area contributed by atoms with E-state index in [9.17, 15) is 4.79 Å². The number of hydrogen-bond donors (Lipinski definition) is 2. The Balaban J connectivity index is 1.83. The number of aromatic amines is 1. The van der Waals surface area contributed by atoms with Gasteiger partial charge in [0, 0.05) is 49.2 Å². The van der Waals surface area contributed by atoms with Crippen molar-refractivity contribution in [2.75, 3.05) is 7.05 Å². The van der Waals surface area contributed by atoms with Crippen LogP contribution in [0.2, 0.25) is 0 Å². The highest BCUT2D eigenvalue weighted by Crippen LogP contribution is 2.27. The first kappa shape index (κ1) is 16.7. The standard InChI is InChI=1S/C20H18N6O/c1-22-9-14(8-21)16-5-4-13(10-23-16)12-3-6-17-15(7-12)19-18(11-24-17)26(2)20(27)25-19/h3-11H,21H2,1-2H3,(H,25,27). The van der Waals surface area contributed by atoms with Crippen LogP contribution in [0.25, 0.3) is 38.6 Å². The quantitative estimate of drug-likeness (QED) is 0.549. The molecule has 7 heteroatoms. The van der Waals surface area contributed by atoms with Gasteiger partial charge in [0.25, 0.3) is 0 Å². The SMILES string of the molecule is CN=CC(=CN)c1ccc(-c2ccc3ncc4c([nH]c(=O)n4C)c3c2)cn1. The Morgan fingerprint density at radius 3 is 2.70 bits per heavy atom. The average molecular weight is 358 g/mol. The molecule has 27 heavy (non-hydrogen) atoms. The molecule has 4 rings (SSSR count). The van der Waals surface area contributed by atoms with Crippen LogP contribution in [-0.4, -0.2) is 32.8 Å². The first-order chi connectivity index (χ1) is 13.1. The highest BCUT2D eigenvalue weighted by molar-refractivity contribution is 6.08. The molecule has 0 atom stereocenters. The number of aliphatic imine (C=N–C) groups is 1. The molecule has 0 aliphatic rings. The largest absolute Gasteiger partial charge is 0.404 e. The second-order valence-electron chi connectivity index (χ2n) is 6.18. The molecule has 0 spiro atoms. The van der Waals surface area contributed by atoms with E-state index in [2.05, 4.69) is 19.9 Å². The van der Waals surface area contributed by atoms with Gasteiger partial charge in [0.2, 0.25) is 0 Å². The number of nitrogens with two attached hydrogens (primary N) is 1. The Morgan fingerprint density at radius 2 is 2.00 bits per heavy atom. The van der Waals surface area contributed by atoms with Gasteiger partial charge < -0.3 is 10.7 Å². The normalized spacial score (nSPS) is 12.4. The van der Waals surface area contributed by atoms with Crippen molar-refractivity contribution in [1.29, 1.82) is 0 Å². The van der Waals surface area contributed by atoms with Gasteiger partial charge in [-0.3, -0.25) is 19.5 Å². The van der Waals surface area contributed by atoms with Crippen LogP contribution in [0.5, 0.6) is 0 Å².